The topological polar surface area (TPSA) is 88.2 Å². The highest BCUT2D eigenvalue weighted by molar-refractivity contribution is 7.99. The Balaban J connectivity index is 2.43. The number of aryl methyl sites for hydroxylation is 1. The summed E-state index contributed by atoms with van der Waals surface area (Å²) in [6.07, 6.45) is 0. The van der Waals surface area contributed by atoms with E-state index < -0.39 is 5.97 Å². The maximum atomic E-state index is 10.7. The minimum Gasteiger partial charge on any atom is -0.508 e. The molecule has 1 aromatic heterocycles. The molecule has 6 nitrogen and oxygen atoms in total. The van der Waals surface area contributed by atoms with Gasteiger partial charge in [0.2, 0.25) is 0 Å². The summed E-state index contributed by atoms with van der Waals surface area (Å²) in [7, 11) is 0. The molecule has 1 heterocycles. The fourth-order valence-electron chi connectivity index (χ4n) is 1.91. The van der Waals surface area contributed by atoms with Crippen molar-refractivity contribution in [3.63, 3.8) is 0 Å². The van der Waals surface area contributed by atoms with Crippen LogP contribution in [0, 0.1) is 6.92 Å². The van der Waals surface area contributed by atoms with E-state index in [2.05, 4.69) is 10.2 Å². The quantitative estimate of drug-likeness (QED) is 0.826. The molecule has 0 spiro atoms. The molecule has 2 aromatic rings. The zero-order valence-corrected chi connectivity index (χ0v) is 12.9. The molecule has 0 unspecified atom stereocenters. The van der Waals surface area contributed by atoms with Crippen LogP contribution in [0.25, 0.3) is 11.4 Å². The number of carboxylic acid groups (broad SMARTS) is 1. The second-order valence-electron chi connectivity index (χ2n) is 4.95. The van der Waals surface area contributed by atoms with Gasteiger partial charge in [-0.1, -0.05) is 23.9 Å². The summed E-state index contributed by atoms with van der Waals surface area (Å²) in [5, 5.41) is 27.4. The summed E-state index contributed by atoms with van der Waals surface area (Å²) < 4.78 is 1.87. The second-order valence-corrected chi connectivity index (χ2v) is 5.90. The number of hydrogen-bond acceptors (Lipinski definition) is 5. The summed E-state index contributed by atoms with van der Waals surface area (Å²) in [4.78, 5) is 10.7. The van der Waals surface area contributed by atoms with Gasteiger partial charge in [0, 0.05) is 11.6 Å². The summed E-state index contributed by atoms with van der Waals surface area (Å²) in [6, 6.07) is 5.40. The Morgan fingerprint density at radius 1 is 1.38 bits per heavy atom. The number of hydrogen-bond donors (Lipinski definition) is 2. The number of phenolic OH excluding ortho intramolecular Hbond substituents is 1. The average molecular weight is 307 g/mol. The summed E-state index contributed by atoms with van der Waals surface area (Å²) in [5.74, 6) is -0.143. The van der Waals surface area contributed by atoms with E-state index >= 15 is 0 Å². The smallest absolute Gasteiger partial charge is 0.313 e. The molecule has 0 fully saturated rings. The van der Waals surface area contributed by atoms with Gasteiger partial charge in [0.15, 0.2) is 11.0 Å². The SMILES string of the molecule is Cc1ccc(-c2nnc(SCC(=O)O)n2C(C)C)cc1O. The van der Waals surface area contributed by atoms with Gasteiger partial charge in [-0.2, -0.15) is 0 Å². The van der Waals surface area contributed by atoms with Crippen LogP contribution in [0.2, 0.25) is 0 Å². The highest BCUT2D eigenvalue weighted by atomic mass is 32.2. The molecule has 0 aliphatic heterocycles. The van der Waals surface area contributed by atoms with Crippen molar-refractivity contribution in [2.24, 2.45) is 0 Å². The molecule has 0 radical (unpaired) electrons. The van der Waals surface area contributed by atoms with Crippen molar-refractivity contribution in [1.29, 1.82) is 0 Å². The van der Waals surface area contributed by atoms with Crippen LogP contribution in [0.1, 0.15) is 25.5 Å². The van der Waals surface area contributed by atoms with E-state index in [4.69, 9.17) is 5.11 Å². The third kappa shape index (κ3) is 3.36. The van der Waals surface area contributed by atoms with E-state index in [1.807, 2.05) is 37.5 Å². The van der Waals surface area contributed by atoms with Crippen LogP contribution in [0.4, 0.5) is 0 Å². The molecule has 2 N–H and O–H groups in total. The van der Waals surface area contributed by atoms with Gasteiger partial charge in [0.05, 0.1) is 5.75 Å². The van der Waals surface area contributed by atoms with Crippen molar-refractivity contribution in [3.8, 4) is 17.1 Å². The van der Waals surface area contributed by atoms with Crippen LogP contribution < -0.4 is 0 Å². The van der Waals surface area contributed by atoms with Gasteiger partial charge in [-0.3, -0.25) is 9.36 Å². The maximum absolute atomic E-state index is 10.7. The largest absolute Gasteiger partial charge is 0.508 e. The standard InChI is InChI=1S/C14H17N3O3S/c1-8(2)17-13(10-5-4-9(3)11(18)6-10)15-16-14(17)21-7-12(19)20/h4-6,8,18H,7H2,1-3H3,(H,19,20). The molecule has 1 aromatic carbocycles. The van der Waals surface area contributed by atoms with Crippen LogP contribution in [0.5, 0.6) is 5.75 Å². The first-order chi connectivity index (χ1) is 9.90. The molecule has 0 bridgehead atoms. The molecule has 0 saturated carbocycles. The molecule has 0 aliphatic carbocycles. The predicted molar refractivity (Wildman–Crippen MR) is 80.6 cm³/mol. The number of carboxylic acids is 1. The number of phenols is 1. The number of carbonyl (C=O) groups is 1. The number of aromatic nitrogens is 3. The Bertz CT molecular complexity index is 667. The Kier molecular flexibility index (Phi) is 4.52. The summed E-state index contributed by atoms with van der Waals surface area (Å²) in [6.45, 7) is 5.78. The Labute approximate surface area is 126 Å². The number of benzene rings is 1. The second kappa shape index (κ2) is 6.17. The average Bonchev–Trinajstić information content (AvgIpc) is 2.83. The van der Waals surface area contributed by atoms with Gasteiger partial charge in [0.1, 0.15) is 5.75 Å². The van der Waals surface area contributed by atoms with Gasteiger partial charge in [-0.25, -0.2) is 0 Å². The first kappa shape index (κ1) is 15.4. The molecular weight excluding hydrogens is 290 g/mol. The zero-order chi connectivity index (χ0) is 15.6. The normalized spacial score (nSPS) is 11.0. The fraction of sp³-hybridized carbons (Fsp3) is 0.357. The van der Waals surface area contributed by atoms with Crippen molar-refractivity contribution in [3.05, 3.63) is 23.8 Å². The van der Waals surface area contributed by atoms with Crippen molar-refractivity contribution >= 4 is 17.7 Å². The fourth-order valence-corrected chi connectivity index (χ4v) is 2.70. The first-order valence-corrected chi connectivity index (χ1v) is 7.48. The molecule has 0 amide bonds. The van der Waals surface area contributed by atoms with Gasteiger partial charge in [0.25, 0.3) is 0 Å². The summed E-state index contributed by atoms with van der Waals surface area (Å²) >= 11 is 1.13. The van der Waals surface area contributed by atoms with Crippen LogP contribution >= 0.6 is 11.8 Å². The molecule has 0 saturated heterocycles. The minimum atomic E-state index is -0.896. The highest BCUT2D eigenvalue weighted by Gasteiger charge is 2.18. The predicted octanol–water partition coefficient (Wildman–Crippen LogP) is 2.72. The van der Waals surface area contributed by atoms with Gasteiger partial charge in [-0.05, 0) is 32.4 Å². The zero-order valence-electron chi connectivity index (χ0n) is 12.1. The molecule has 7 heteroatoms. The Hall–Kier alpha value is -2.02. The minimum absolute atomic E-state index is 0.0655. The van der Waals surface area contributed by atoms with Crippen molar-refractivity contribution in [1.82, 2.24) is 14.8 Å². The van der Waals surface area contributed by atoms with Crippen molar-refractivity contribution < 1.29 is 15.0 Å². The molecular formula is C14H17N3O3S. The third-order valence-corrected chi connectivity index (χ3v) is 3.90. The van der Waals surface area contributed by atoms with E-state index in [1.165, 1.54) is 0 Å². The monoisotopic (exact) mass is 307 g/mol. The molecule has 0 aliphatic rings. The van der Waals surface area contributed by atoms with E-state index in [1.54, 1.807) is 6.07 Å². The number of rotatable bonds is 5. The lowest BCUT2D eigenvalue weighted by Crippen LogP contribution is -2.07. The van der Waals surface area contributed by atoms with E-state index in [-0.39, 0.29) is 17.5 Å². The molecule has 0 atom stereocenters. The molecule has 112 valence electrons. The summed E-state index contributed by atoms with van der Waals surface area (Å²) in [5.41, 5.74) is 1.54. The van der Waals surface area contributed by atoms with Gasteiger partial charge in [-0.15, -0.1) is 10.2 Å². The van der Waals surface area contributed by atoms with Gasteiger partial charge >= 0.3 is 5.97 Å². The first-order valence-electron chi connectivity index (χ1n) is 6.49. The highest BCUT2D eigenvalue weighted by Crippen LogP contribution is 2.30. The molecule has 21 heavy (non-hydrogen) atoms. The van der Waals surface area contributed by atoms with Gasteiger partial charge < -0.3 is 10.2 Å². The number of thioether (sulfide) groups is 1. The number of nitrogens with zero attached hydrogens (tertiary/aromatic N) is 3. The lowest BCUT2D eigenvalue weighted by Gasteiger charge is -2.13. The maximum Gasteiger partial charge on any atom is 0.313 e. The third-order valence-electron chi connectivity index (χ3n) is 2.97. The van der Waals surface area contributed by atoms with Crippen LogP contribution in [-0.2, 0) is 4.79 Å². The van der Waals surface area contributed by atoms with Crippen molar-refractivity contribution in [2.75, 3.05) is 5.75 Å². The van der Waals surface area contributed by atoms with E-state index in [0.29, 0.717) is 11.0 Å². The number of aliphatic carboxylic acids is 1. The van der Waals surface area contributed by atoms with Crippen molar-refractivity contribution in [2.45, 2.75) is 32.0 Å². The number of aromatic hydroxyl groups is 1. The van der Waals surface area contributed by atoms with Crippen LogP contribution in [0.15, 0.2) is 23.4 Å². The lowest BCUT2D eigenvalue weighted by molar-refractivity contribution is -0.133. The van der Waals surface area contributed by atoms with Crippen LogP contribution in [-0.4, -0.2) is 36.7 Å². The van der Waals surface area contributed by atoms with Crippen LogP contribution in [0.3, 0.4) is 0 Å². The van der Waals surface area contributed by atoms with E-state index in [9.17, 15) is 9.90 Å². The Morgan fingerprint density at radius 3 is 2.67 bits per heavy atom. The van der Waals surface area contributed by atoms with E-state index in [0.717, 1.165) is 22.9 Å². The molecule has 2 rings (SSSR count). The Morgan fingerprint density at radius 2 is 2.10 bits per heavy atom. The lowest BCUT2D eigenvalue weighted by atomic mass is 10.1.